The highest BCUT2D eigenvalue weighted by Gasteiger charge is 2.12. The third-order valence-electron chi connectivity index (χ3n) is 3.29. The maximum Gasteiger partial charge on any atom is 0.344 e. The number of hydrogen-bond acceptors (Lipinski definition) is 6. The molecular weight excluding hydrogens is 374 g/mol. The van der Waals surface area contributed by atoms with Crippen LogP contribution in [0.5, 0.6) is 17.2 Å². The number of benzene rings is 2. The van der Waals surface area contributed by atoms with E-state index in [1.165, 1.54) is 13.2 Å². The number of ether oxygens (including phenoxy) is 4. The molecule has 0 unspecified atom stereocenters. The molecular formula is C19H20ClNO6. The zero-order chi connectivity index (χ0) is 19.6. The molecule has 0 fully saturated rings. The van der Waals surface area contributed by atoms with Gasteiger partial charge >= 0.3 is 5.97 Å². The van der Waals surface area contributed by atoms with Gasteiger partial charge in [-0.1, -0.05) is 11.6 Å². The van der Waals surface area contributed by atoms with E-state index in [0.717, 1.165) is 0 Å². The molecule has 0 aliphatic rings. The van der Waals surface area contributed by atoms with Crippen LogP contribution in [-0.2, 0) is 14.3 Å². The fraction of sp³-hybridized carbons (Fsp3) is 0.263. The molecule has 2 rings (SSSR count). The number of esters is 1. The molecule has 2 aromatic carbocycles. The minimum Gasteiger partial charge on any atom is -0.495 e. The monoisotopic (exact) mass is 393 g/mol. The molecule has 144 valence electrons. The Bertz CT molecular complexity index is 778. The van der Waals surface area contributed by atoms with Crippen LogP contribution in [0.25, 0.3) is 0 Å². The van der Waals surface area contributed by atoms with E-state index >= 15 is 0 Å². The molecule has 2 aromatic rings. The highest BCUT2D eigenvalue weighted by molar-refractivity contribution is 6.31. The number of nitrogens with one attached hydrogen (secondary N) is 1. The summed E-state index contributed by atoms with van der Waals surface area (Å²) in [5, 5.41) is 3.01. The highest BCUT2D eigenvalue weighted by Crippen LogP contribution is 2.27. The predicted molar refractivity (Wildman–Crippen MR) is 101 cm³/mol. The molecule has 0 aromatic heterocycles. The van der Waals surface area contributed by atoms with Crippen molar-refractivity contribution >= 4 is 29.2 Å². The Morgan fingerprint density at radius 1 is 1.00 bits per heavy atom. The van der Waals surface area contributed by atoms with Gasteiger partial charge in [0.2, 0.25) is 0 Å². The molecule has 1 amide bonds. The molecule has 8 heteroatoms. The lowest BCUT2D eigenvalue weighted by Gasteiger charge is -2.11. The van der Waals surface area contributed by atoms with Crippen molar-refractivity contribution < 1.29 is 28.5 Å². The molecule has 0 aliphatic heterocycles. The molecule has 0 radical (unpaired) electrons. The summed E-state index contributed by atoms with van der Waals surface area (Å²) in [4.78, 5) is 23.7. The van der Waals surface area contributed by atoms with Crippen LogP contribution >= 0.6 is 11.6 Å². The highest BCUT2D eigenvalue weighted by atomic mass is 35.5. The van der Waals surface area contributed by atoms with Crippen molar-refractivity contribution in [3.8, 4) is 17.2 Å². The average Bonchev–Trinajstić information content (AvgIpc) is 2.66. The topological polar surface area (TPSA) is 83.1 Å². The maximum absolute atomic E-state index is 11.9. The van der Waals surface area contributed by atoms with Crippen molar-refractivity contribution in [3.05, 3.63) is 47.5 Å². The lowest BCUT2D eigenvalue weighted by atomic mass is 10.3. The number of halogens is 1. The van der Waals surface area contributed by atoms with Crippen LogP contribution in [0.15, 0.2) is 42.5 Å². The van der Waals surface area contributed by atoms with E-state index in [0.29, 0.717) is 34.6 Å². The van der Waals surface area contributed by atoms with Crippen molar-refractivity contribution in [2.75, 3.05) is 32.2 Å². The number of hydrogen-bond donors (Lipinski definition) is 1. The molecule has 1 N–H and O–H groups in total. The zero-order valence-corrected chi connectivity index (χ0v) is 15.7. The summed E-state index contributed by atoms with van der Waals surface area (Å²) in [5.41, 5.74) is 0.386. The van der Waals surface area contributed by atoms with E-state index in [1.807, 2.05) is 6.92 Å². The Morgan fingerprint density at radius 2 is 1.67 bits per heavy atom. The summed E-state index contributed by atoms with van der Waals surface area (Å²) >= 11 is 5.89. The van der Waals surface area contributed by atoms with Crippen LogP contribution in [0.1, 0.15) is 6.92 Å². The molecule has 0 aliphatic carbocycles. The lowest BCUT2D eigenvalue weighted by Crippen LogP contribution is -2.23. The van der Waals surface area contributed by atoms with Gasteiger partial charge in [0.25, 0.3) is 5.91 Å². The van der Waals surface area contributed by atoms with Crippen LogP contribution in [-0.4, -0.2) is 38.8 Å². The fourth-order valence-corrected chi connectivity index (χ4v) is 2.27. The first-order chi connectivity index (χ1) is 13.0. The van der Waals surface area contributed by atoms with Crippen molar-refractivity contribution in [2.45, 2.75) is 6.92 Å². The molecule has 0 saturated heterocycles. The third kappa shape index (κ3) is 6.71. The summed E-state index contributed by atoms with van der Waals surface area (Å²) in [6.07, 6.45) is 0. The number of anilines is 1. The number of amides is 1. The van der Waals surface area contributed by atoms with E-state index in [1.54, 1.807) is 36.4 Å². The zero-order valence-electron chi connectivity index (χ0n) is 15.0. The number of carbonyl (C=O) groups is 2. The van der Waals surface area contributed by atoms with E-state index in [9.17, 15) is 9.59 Å². The van der Waals surface area contributed by atoms with Crippen molar-refractivity contribution in [2.24, 2.45) is 0 Å². The summed E-state index contributed by atoms with van der Waals surface area (Å²) in [5.74, 6) is 0.448. The fourth-order valence-electron chi connectivity index (χ4n) is 2.09. The van der Waals surface area contributed by atoms with Crippen molar-refractivity contribution in [1.29, 1.82) is 0 Å². The van der Waals surface area contributed by atoms with Crippen LogP contribution in [0.4, 0.5) is 5.69 Å². The van der Waals surface area contributed by atoms with E-state index in [2.05, 4.69) is 5.32 Å². The summed E-state index contributed by atoms with van der Waals surface area (Å²) in [6.45, 7) is 1.68. The maximum atomic E-state index is 11.9. The average molecular weight is 394 g/mol. The largest absolute Gasteiger partial charge is 0.495 e. The Balaban J connectivity index is 1.76. The number of methoxy groups -OCH3 is 1. The van der Waals surface area contributed by atoms with Crippen LogP contribution in [0.2, 0.25) is 5.02 Å². The molecule has 0 spiro atoms. The lowest BCUT2D eigenvalue weighted by molar-refractivity contribution is -0.149. The quantitative estimate of drug-likeness (QED) is 0.658. The van der Waals surface area contributed by atoms with Crippen molar-refractivity contribution in [1.82, 2.24) is 0 Å². The standard InChI is InChI=1S/C19H20ClNO6/c1-3-25-14-5-7-15(8-6-14)26-12-19(23)27-11-18(22)21-16-10-13(20)4-9-17(16)24-2/h4-10H,3,11-12H2,1-2H3,(H,21,22). The first-order valence-electron chi connectivity index (χ1n) is 8.16. The van der Waals surface area contributed by atoms with Gasteiger partial charge in [-0.2, -0.15) is 0 Å². The van der Waals surface area contributed by atoms with Crippen LogP contribution in [0, 0.1) is 0 Å². The molecule has 27 heavy (non-hydrogen) atoms. The second-order valence-electron chi connectivity index (χ2n) is 5.25. The Hall–Kier alpha value is -2.93. The van der Waals surface area contributed by atoms with Gasteiger partial charge in [0.15, 0.2) is 13.2 Å². The van der Waals surface area contributed by atoms with Crippen LogP contribution < -0.4 is 19.5 Å². The SMILES string of the molecule is CCOc1ccc(OCC(=O)OCC(=O)Nc2cc(Cl)ccc2OC)cc1. The Morgan fingerprint density at radius 3 is 2.30 bits per heavy atom. The van der Waals surface area contributed by atoms with E-state index in [-0.39, 0.29) is 6.61 Å². The molecule has 0 saturated carbocycles. The van der Waals surface area contributed by atoms with Crippen LogP contribution in [0.3, 0.4) is 0 Å². The minimum absolute atomic E-state index is 0.318. The van der Waals surface area contributed by atoms with Gasteiger partial charge in [-0.25, -0.2) is 4.79 Å². The van der Waals surface area contributed by atoms with Gasteiger partial charge in [0, 0.05) is 5.02 Å². The second-order valence-corrected chi connectivity index (χ2v) is 5.68. The summed E-state index contributed by atoms with van der Waals surface area (Å²) < 4.78 is 20.6. The van der Waals surface area contributed by atoms with Gasteiger partial charge in [-0.15, -0.1) is 0 Å². The van der Waals surface area contributed by atoms with Gasteiger partial charge in [-0.3, -0.25) is 4.79 Å². The third-order valence-corrected chi connectivity index (χ3v) is 3.53. The normalized spacial score (nSPS) is 10.0. The summed E-state index contributed by atoms with van der Waals surface area (Å²) in [6, 6.07) is 11.6. The number of rotatable bonds is 9. The Kier molecular flexibility index (Phi) is 7.76. The van der Waals surface area contributed by atoms with E-state index < -0.39 is 18.5 Å². The molecule has 0 atom stereocenters. The molecule has 0 bridgehead atoms. The van der Waals surface area contributed by atoms with Gasteiger partial charge in [-0.05, 0) is 49.4 Å². The van der Waals surface area contributed by atoms with Gasteiger partial charge < -0.3 is 24.3 Å². The molecule has 0 heterocycles. The smallest absolute Gasteiger partial charge is 0.344 e. The molecule has 7 nitrogen and oxygen atoms in total. The van der Waals surface area contributed by atoms with E-state index in [4.69, 9.17) is 30.5 Å². The second kappa shape index (κ2) is 10.3. The van der Waals surface area contributed by atoms with Crippen molar-refractivity contribution in [3.63, 3.8) is 0 Å². The van der Waals surface area contributed by atoms with Gasteiger partial charge in [0.05, 0.1) is 19.4 Å². The number of carbonyl (C=O) groups excluding carboxylic acids is 2. The summed E-state index contributed by atoms with van der Waals surface area (Å²) in [7, 11) is 1.47. The van der Waals surface area contributed by atoms with Gasteiger partial charge in [0.1, 0.15) is 17.2 Å². The Labute approximate surface area is 162 Å². The minimum atomic E-state index is -0.669. The predicted octanol–water partition coefficient (Wildman–Crippen LogP) is 3.31. The first kappa shape index (κ1) is 20.4. The first-order valence-corrected chi connectivity index (χ1v) is 8.54.